The van der Waals surface area contributed by atoms with Crippen LogP contribution in [0.5, 0.6) is 0 Å². The molecule has 1 fully saturated rings. The first-order valence-corrected chi connectivity index (χ1v) is 6.86. The van der Waals surface area contributed by atoms with Crippen molar-refractivity contribution in [2.75, 3.05) is 6.61 Å². The van der Waals surface area contributed by atoms with Crippen LogP contribution in [0.25, 0.3) is 0 Å². The molecule has 0 saturated carbocycles. The Balaban J connectivity index is 3.11. The van der Waals surface area contributed by atoms with Crippen LogP contribution in [0.15, 0.2) is 0 Å². The SMILES string of the molecule is CC(=O)N[C@@H]1[C@@H](O)C[C@](O)(C(=O)OC(N)=O)O[C@H]1C(O)[C@H](O)CO. The summed E-state index contributed by atoms with van der Waals surface area (Å²) in [5.74, 6) is -5.15. The summed E-state index contributed by atoms with van der Waals surface area (Å²) in [6.45, 7) is 0.189. The molecule has 6 atom stereocenters. The van der Waals surface area contributed by atoms with Crippen molar-refractivity contribution < 1.29 is 49.4 Å². The first kappa shape index (κ1) is 20.2. The van der Waals surface area contributed by atoms with Gasteiger partial charge in [0.25, 0.3) is 5.79 Å². The van der Waals surface area contributed by atoms with E-state index >= 15 is 0 Å². The van der Waals surface area contributed by atoms with Gasteiger partial charge < -0.3 is 46.1 Å². The summed E-state index contributed by atoms with van der Waals surface area (Å²) in [6.07, 6.45) is -9.38. The van der Waals surface area contributed by atoms with Crippen LogP contribution in [0.2, 0.25) is 0 Å². The fourth-order valence-corrected chi connectivity index (χ4v) is 2.30. The molecule has 12 heteroatoms. The van der Waals surface area contributed by atoms with Gasteiger partial charge in [-0.15, -0.1) is 0 Å². The zero-order chi connectivity index (χ0) is 18.7. The Hall–Kier alpha value is -1.83. The van der Waals surface area contributed by atoms with Crippen LogP contribution in [0, 0.1) is 0 Å². The number of hydrogen-bond donors (Lipinski definition) is 7. The monoisotopic (exact) mass is 352 g/mol. The second-order valence-corrected chi connectivity index (χ2v) is 5.31. The van der Waals surface area contributed by atoms with Crippen LogP contribution < -0.4 is 11.1 Å². The van der Waals surface area contributed by atoms with Crippen molar-refractivity contribution >= 4 is 18.0 Å². The standard InChI is InChI=1S/C12H20N2O10/c1-4(16)14-7-5(17)2-12(22,10(20)23-11(13)21)24-9(7)8(19)6(18)3-15/h5-9,15,17-19,22H,2-3H2,1H3,(H2,13,21)(H,14,16)/t5-,6+,7+,8?,9+,12+/m0/s1. The minimum absolute atomic E-state index is 0.636. The lowest BCUT2D eigenvalue weighted by Crippen LogP contribution is -2.67. The highest BCUT2D eigenvalue weighted by Crippen LogP contribution is 2.31. The normalized spacial score (nSPS) is 32.5. The van der Waals surface area contributed by atoms with E-state index in [9.17, 15) is 34.8 Å². The first-order chi connectivity index (χ1) is 11.0. The molecule has 8 N–H and O–H groups in total. The van der Waals surface area contributed by atoms with Gasteiger partial charge in [0, 0.05) is 13.3 Å². The number of amides is 2. The average molecular weight is 352 g/mol. The Kier molecular flexibility index (Phi) is 6.59. The molecule has 0 radical (unpaired) electrons. The highest BCUT2D eigenvalue weighted by Gasteiger charge is 2.54. The summed E-state index contributed by atoms with van der Waals surface area (Å²) >= 11 is 0. The van der Waals surface area contributed by atoms with Gasteiger partial charge in [-0.25, -0.2) is 9.59 Å². The van der Waals surface area contributed by atoms with Gasteiger partial charge in [0.1, 0.15) is 18.3 Å². The number of nitrogens with two attached hydrogens (primary N) is 1. The van der Waals surface area contributed by atoms with Gasteiger partial charge in [-0.05, 0) is 0 Å². The molecule has 2 amide bonds. The molecule has 0 aliphatic carbocycles. The van der Waals surface area contributed by atoms with Crippen molar-refractivity contribution in [3.63, 3.8) is 0 Å². The molecule has 0 spiro atoms. The molecule has 1 saturated heterocycles. The number of nitrogens with one attached hydrogen (secondary N) is 1. The Morgan fingerprint density at radius 1 is 1.42 bits per heavy atom. The lowest BCUT2D eigenvalue weighted by molar-refractivity contribution is -0.294. The van der Waals surface area contributed by atoms with E-state index in [1.807, 2.05) is 0 Å². The van der Waals surface area contributed by atoms with Gasteiger partial charge in [-0.3, -0.25) is 4.79 Å². The van der Waals surface area contributed by atoms with Crippen molar-refractivity contribution in [1.82, 2.24) is 5.32 Å². The summed E-state index contributed by atoms with van der Waals surface area (Å²) in [7, 11) is 0. The third-order valence-corrected chi connectivity index (χ3v) is 3.39. The number of carbonyl (C=O) groups excluding carboxylic acids is 3. The average Bonchev–Trinajstić information content (AvgIpc) is 2.47. The summed E-state index contributed by atoms with van der Waals surface area (Å²) in [4.78, 5) is 33.6. The van der Waals surface area contributed by atoms with E-state index in [2.05, 4.69) is 15.8 Å². The van der Waals surface area contributed by atoms with Crippen molar-refractivity contribution in [3.05, 3.63) is 0 Å². The molecule has 138 valence electrons. The maximum Gasteiger partial charge on any atom is 0.412 e. The molecule has 0 aromatic carbocycles. The highest BCUT2D eigenvalue weighted by atomic mass is 16.7. The predicted octanol–water partition coefficient (Wildman–Crippen LogP) is -4.33. The molecular weight excluding hydrogens is 332 g/mol. The van der Waals surface area contributed by atoms with E-state index in [-0.39, 0.29) is 0 Å². The number of aliphatic hydroxyl groups is 5. The minimum Gasteiger partial charge on any atom is -0.394 e. The Morgan fingerprint density at radius 3 is 2.46 bits per heavy atom. The zero-order valence-corrected chi connectivity index (χ0v) is 12.7. The van der Waals surface area contributed by atoms with Gasteiger partial charge >= 0.3 is 12.1 Å². The van der Waals surface area contributed by atoms with E-state index < -0.39 is 67.2 Å². The quantitative estimate of drug-likeness (QED) is 0.187. The summed E-state index contributed by atoms with van der Waals surface area (Å²) in [5.41, 5.74) is 4.66. The van der Waals surface area contributed by atoms with Crippen molar-refractivity contribution in [2.24, 2.45) is 5.73 Å². The van der Waals surface area contributed by atoms with Crippen LogP contribution in [-0.4, -0.2) is 86.4 Å². The molecular formula is C12H20N2O10. The number of carbonyl (C=O) groups is 3. The molecule has 24 heavy (non-hydrogen) atoms. The Labute approximate surface area is 135 Å². The van der Waals surface area contributed by atoms with Gasteiger partial charge in [-0.2, -0.15) is 0 Å². The Morgan fingerprint density at radius 2 is 2.00 bits per heavy atom. The first-order valence-electron chi connectivity index (χ1n) is 6.86. The predicted molar refractivity (Wildman–Crippen MR) is 72.8 cm³/mol. The summed E-state index contributed by atoms with van der Waals surface area (Å²) < 4.78 is 8.99. The third-order valence-electron chi connectivity index (χ3n) is 3.39. The maximum atomic E-state index is 11.7. The van der Waals surface area contributed by atoms with E-state index in [1.165, 1.54) is 0 Å². The fourth-order valence-electron chi connectivity index (χ4n) is 2.30. The lowest BCUT2D eigenvalue weighted by atomic mass is 9.88. The summed E-state index contributed by atoms with van der Waals surface area (Å²) in [5, 5.41) is 50.9. The van der Waals surface area contributed by atoms with Gasteiger partial charge in [0.15, 0.2) is 0 Å². The van der Waals surface area contributed by atoms with E-state index in [0.29, 0.717) is 0 Å². The third kappa shape index (κ3) is 4.59. The van der Waals surface area contributed by atoms with E-state index in [4.69, 9.17) is 9.84 Å². The second-order valence-electron chi connectivity index (χ2n) is 5.31. The number of primary amides is 1. The van der Waals surface area contributed by atoms with Crippen molar-refractivity contribution in [3.8, 4) is 0 Å². The molecule has 0 aromatic rings. The molecule has 0 bridgehead atoms. The molecule has 1 aliphatic heterocycles. The van der Waals surface area contributed by atoms with Crippen LogP contribution in [0.4, 0.5) is 4.79 Å². The van der Waals surface area contributed by atoms with Crippen LogP contribution >= 0.6 is 0 Å². The van der Waals surface area contributed by atoms with Gasteiger partial charge in [0.05, 0.1) is 18.8 Å². The van der Waals surface area contributed by atoms with Crippen molar-refractivity contribution in [1.29, 1.82) is 0 Å². The van der Waals surface area contributed by atoms with Crippen LogP contribution in [-0.2, 0) is 19.1 Å². The van der Waals surface area contributed by atoms with Gasteiger partial charge in [0.2, 0.25) is 5.91 Å². The lowest BCUT2D eigenvalue weighted by Gasteiger charge is -2.44. The maximum absolute atomic E-state index is 11.7. The molecule has 1 aliphatic rings. The topological polar surface area (TPSA) is 209 Å². The van der Waals surface area contributed by atoms with Crippen molar-refractivity contribution in [2.45, 2.75) is 49.6 Å². The number of aliphatic hydroxyl groups excluding tert-OH is 4. The number of ether oxygens (including phenoxy) is 2. The smallest absolute Gasteiger partial charge is 0.394 e. The number of rotatable bonds is 5. The molecule has 1 rings (SSSR count). The number of esters is 1. The summed E-state index contributed by atoms with van der Waals surface area (Å²) in [6, 6.07) is -1.33. The molecule has 1 unspecified atom stereocenters. The van der Waals surface area contributed by atoms with Crippen LogP contribution in [0.1, 0.15) is 13.3 Å². The minimum atomic E-state index is -2.87. The Bertz CT molecular complexity index is 500. The number of hydrogen-bond acceptors (Lipinski definition) is 10. The van der Waals surface area contributed by atoms with E-state index in [1.54, 1.807) is 0 Å². The molecule has 0 aromatic heterocycles. The molecule has 12 nitrogen and oxygen atoms in total. The fraction of sp³-hybridized carbons (Fsp3) is 0.750. The largest absolute Gasteiger partial charge is 0.412 e. The highest BCUT2D eigenvalue weighted by molar-refractivity contribution is 5.88. The van der Waals surface area contributed by atoms with Crippen LogP contribution in [0.3, 0.4) is 0 Å². The van der Waals surface area contributed by atoms with Gasteiger partial charge in [-0.1, -0.05) is 0 Å². The zero-order valence-electron chi connectivity index (χ0n) is 12.7. The van der Waals surface area contributed by atoms with E-state index in [0.717, 1.165) is 6.92 Å². The molecule has 1 heterocycles. The second kappa shape index (κ2) is 7.83.